The van der Waals surface area contributed by atoms with E-state index >= 15 is 0 Å². The van der Waals surface area contributed by atoms with Crippen LogP contribution in [-0.4, -0.2) is 31.1 Å². The van der Waals surface area contributed by atoms with E-state index in [4.69, 9.17) is 0 Å². The van der Waals surface area contributed by atoms with E-state index in [1.165, 1.54) is 68.1 Å². The molecule has 0 aromatic heterocycles. The lowest BCUT2D eigenvalue weighted by molar-refractivity contribution is 0.280. The van der Waals surface area contributed by atoms with Crippen LogP contribution in [0.4, 0.5) is 0 Å². The molecule has 2 aromatic rings. The van der Waals surface area contributed by atoms with Gasteiger partial charge in [0, 0.05) is 6.54 Å². The highest BCUT2D eigenvalue weighted by atomic mass is 15.1. The topological polar surface area (TPSA) is 15.3 Å². The van der Waals surface area contributed by atoms with Crippen molar-refractivity contribution in [3.63, 3.8) is 0 Å². The molecule has 0 bridgehead atoms. The molecule has 1 N–H and O–H groups in total. The minimum atomic E-state index is 0.974. The number of rotatable bonds is 6. The van der Waals surface area contributed by atoms with Crippen LogP contribution in [0.2, 0.25) is 0 Å². The van der Waals surface area contributed by atoms with Crippen LogP contribution in [0.25, 0.3) is 10.8 Å². The van der Waals surface area contributed by atoms with E-state index in [1.807, 2.05) is 0 Å². The molecule has 1 fully saturated rings. The highest BCUT2D eigenvalue weighted by molar-refractivity contribution is 5.85. The van der Waals surface area contributed by atoms with E-state index in [2.05, 4.69) is 52.7 Å². The Kier molecular flexibility index (Phi) is 5.86. The lowest BCUT2D eigenvalue weighted by atomic mass is 10.0. The predicted molar refractivity (Wildman–Crippen MR) is 95.2 cm³/mol. The van der Waals surface area contributed by atoms with Gasteiger partial charge in [-0.2, -0.15) is 0 Å². The van der Waals surface area contributed by atoms with Gasteiger partial charge in [0.15, 0.2) is 0 Å². The first kappa shape index (κ1) is 15.5. The van der Waals surface area contributed by atoms with Gasteiger partial charge < -0.3 is 10.2 Å². The molecule has 0 amide bonds. The van der Waals surface area contributed by atoms with Crippen molar-refractivity contribution in [2.45, 2.75) is 38.6 Å². The van der Waals surface area contributed by atoms with Gasteiger partial charge in [-0.3, -0.25) is 0 Å². The van der Waals surface area contributed by atoms with E-state index in [9.17, 15) is 0 Å². The van der Waals surface area contributed by atoms with Crippen LogP contribution in [0.15, 0.2) is 42.5 Å². The summed E-state index contributed by atoms with van der Waals surface area (Å²) in [6.45, 7) is 5.95. The third-order valence-electron chi connectivity index (χ3n) is 4.72. The molecule has 1 aliphatic rings. The Morgan fingerprint density at radius 2 is 1.64 bits per heavy atom. The van der Waals surface area contributed by atoms with Crippen molar-refractivity contribution in [3.8, 4) is 0 Å². The van der Waals surface area contributed by atoms with E-state index in [1.54, 1.807) is 0 Å². The largest absolute Gasteiger partial charge is 0.313 e. The van der Waals surface area contributed by atoms with Gasteiger partial charge in [-0.25, -0.2) is 0 Å². The molecular formula is C20H28N2. The number of nitrogens with zero attached hydrogens (tertiary/aromatic N) is 1. The molecule has 2 aromatic carbocycles. The molecule has 0 saturated carbocycles. The smallest absolute Gasteiger partial charge is 0.0211 e. The summed E-state index contributed by atoms with van der Waals surface area (Å²) in [6.07, 6.45) is 6.89. The van der Waals surface area contributed by atoms with E-state index < -0.39 is 0 Å². The second kappa shape index (κ2) is 8.30. The van der Waals surface area contributed by atoms with Crippen molar-refractivity contribution in [1.82, 2.24) is 10.2 Å². The van der Waals surface area contributed by atoms with Crippen molar-refractivity contribution < 1.29 is 0 Å². The number of benzene rings is 2. The number of nitrogens with one attached hydrogen (secondary N) is 1. The van der Waals surface area contributed by atoms with Crippen LogP contribution in [0.5, 0.6) is 0 Å². The minimum absolute atomic E-state index is 0.974. The van der Waals surface area contributed by atoms with Crippen molar-refractivity contribution in [2.75, 3.05) is 26.2 Å². The number of hydrogen-bond donors (Lipinski definition) is 1. The van der Waals surface area contributed by atoms with Crippen molar-refractivity contribution >= 4 is 10.8 Å². The van der Waals surface area contributed by atoms with Gasteiger partial charge in [0.05, 0.1) is 0 Å². The Hall–Kier alpha value is -1.38. The zero-order valence-electron chi connectivity index (χ0n) is 13.6. The number of hydrogen-bond acceptors (Lipinski definition) is 2. The Morgan fingerprint density at radius 1 is 0.864 bits per heavy atom. The first-order chi connectivity index (χ1) is 10.9. The molecule has 1 heterocycles. The molecule has 1 saturated heterocycles. The minimum Gasteiger partial charge on any atom is -0.313 e. The highest BCUT2D eigenvalue weighted by Crippen LogP contribution is 2.18. The monoisotopic (exact) mass is 296 g/mol. The molecule has 2 heteroatoms. The van der Waals surface area contributed by atoms with Crippen LogP contribution in [0.3, 0.4) is 0 Å². The molecule has 118 valence electrons. The van der Waals surface area contributed by atoms with Gasteiger partial charge in [-0.1, -0.05) is 55.3 Å². The van der Waals surface area contributed by atoms with Gasteiger partial charge in [-0.05, 0) is 61.8 Å². The summed E-state index contributed by atoms with van der Waals surface area (Å²) in [5.74, 6) is 0. The third-order valence-corrected chi connectivity index (χ3v) is 4.72. The van der Waals surface area contributed by atoms with Gasteiger partial charge in [0.25, 0.3) is 0 Å². The fraction of sp³-hybridized carbons (Fsp3) is 0.500. The lowest BCUT2D eigenvalue weighted by Crippen LogP contribution is -2.28. The van der Waals surface area contributed by atoms with E-state index in [-0.39, 0.29) is 0 Å². The maximum atomic E-state index is 3.62. The Bertz CT molecular complexity index is 565. The maximum absolute atomic E-state index is 3.62. The van der Waals surface area contributed by atoms with Crippen molar-refractivity contribution in [1.29, 1.82) is 0 Å². The summed E-state index contributed by atoms with van der Waals surface area (Å²) in [5, 5.41) is 6.34. The Morgan fingerprint density at radius 3 is 2.50 bits per heavy atom. The van der Waals surface area contributed by atoms with Gasteiger partial charge in [0.1, 0.15) is 0 Å². The lowest BCUT2D eigenvalue weighted by Gasteiger charge is -2.19. The first-order valence-electron chi connectivity index (χ1n) is 8.83. The summed E-state index contributed by atoms with van der Waals surface area (Å²) in [7, 11) is 0. The molecular weight excluding hydrogens is 268 g/mol. The first-order valence-corrected chi connectivity index (χ1v) is 8.83. The van der Waals surface area contributed by atoms with Gasteiger partial charge in [-0.15, -0.1) is 0 Å². The van der Waals surface area contributed by atoms with Crippen molar-refractivity contribution in [3.05, 3.63) is 48.0 Å². The van der Waals surface area contributed by atoms with Crippen LogP contribution in [-0.2, 0) is 6.54 Å². The van der Waals surface area contributed by atoms with Crippen molar-refractivity contribution in [2.24, 2.45) is 0 Å². The second-order valence-electron chi connectivity index (χ2n) is 6.42. The molecule has 0 unspecified atom stereocenters. The Balaban J connectivity index is 1.42. The molecule has 0 aliphatic carbocycles. The summed E-state index contributed by atoms with van der Waals surface area (Å²) in [4.78, 5) is 2.65. The summed E-state index contributed by atoms with van der Waals surface area (Å²) < 4.78 is 0. The normalized spacial score (nSPS) is 16.7. The molecule has 3 rings (SSSR count). The second-order valence-corrected chi connectivity index (χ2v) is 6.42. The van der Waals surface area contributed by atoms with Crippen LogP contribution < -0.4 is 5.32 Å². The molecule has 0 atom stereocenters. The van der Waals surface area contributed by atoms with Gasteiger partial charge in [0.2, 0.25) is 0 Å². The van der Waals surface area contributed by atoms with Crippen LogP contribution >= 0.6 is 0 Å². The predicted octanol–water partition coefficient (Wildman–Crippen LogP) is 4.20. The quantitative estimate of drug-likeness (QED) is 0.804. The summed E-state index contributed by atoms with van der Waals surface area (Å²) in [5.41, 5.74) is 1.41. The zero-order valence-corrected chi connectivity index (χ0v) is 13.6. The average molecular weight is 296 g/mol. The molecule has 0 spiro atoms. The average Bonchev–Trinajstić information content (AvgIpc) is 2.83. The fourth-order valence-corrected chi connectivity index (χ4v) is 3.46. The zero-order chi connectivity index (χ0) is 15.0. The van der Waals surface area contributed by atoms with E-state index in [0.717, 1.165) is 13.1 Å². The number of fused-ring (bicyclic) bond motifs is 1. The molecule has 22 heavy (non-hydrogen) atoms. The van der Waals surface area contributed by atoms with Crippen LogP contribution in [0, 0.1) is 0 Å². The Labute approximate surface area is 134 Å². The number of likely N-dealkylation sites (tertiary alicyclic amines) is 1. The molecule has 2 nitrogen and oxygen atoms in total. The third kappa shape index (κ3) is 4.31. The highest BCUT2D eigenvalue weighted by Gasteiger charge is 2.07. The van der Waals surface area contributed by atoms with E-state index in [0.29, 0.717) is 0 Å². The van der Waals surface area contributed by atoms with Crippen LogP contribution in [0.1, 0.15) is 37.7 Å². The summed E-state index contributed by atoms with van der Waals surface area (Å²) in [6, 6.07) is 15.3. The molecule has 1 aliphatic heterocycles. The fourth-order valence-electron chi connectivity index (χ4n) is 3.46. The van der Waals surface area contributed by atoms with Gasteiger partial charge >= 0.3 is 0 Å². The molecule has 0 radical (unpaired) electrons. The standard InChI is InChI=1S/C20H28N2/c1-2-6-15-22(14-5-1)16-8-13-21-17-19-11-7-10-18-9-3-4-12-20(18)19/h3-4,7,9-12,21H,1-2,5-6,8,13-17H2. The summed E-state index contributed by atoms with van der Waals surface area (Å²) >= 11 is 0. The maximum Gasteiger partial charge on any atom is 0.0211 e. The SMILES string of the molecule is c1ccc2c(CNCCCN3CCCCCC3)cccc2c1.